The zero-order valence-corrected chi connectivity index (χ0v) is 21.0. The molecule has 4 heteroatoms. The van der Waals surface area contributed by atoms with Crippen LogP contribution in [0.25, 0.3) is 0 Å². The maximum atomic E-state index is 6.36. The lowest BCUT2D eigenvalue weighted by Crippen LogP contribution is -2.06. The second-order valence-electron chi connectivity index (χ2n) is 8.39. The molecule has 3 nitrogen and oxygen atoms in total. The minimum absolute atomic E-state index is 0.789. The highest BCUT2D eigenvalue weighted by Gasteiger charge is 2.24. The van der Waals surface area contributed by atoms with Crippen molar-refractivity contribution in [2.75, 3.05) is 0 Å². The average Bonchev–Trinajstić information content (AvgIpc) is 2.74. The molecule has 3 aromatic rings. The van der Waals surface area contributed by atoms with Crippen molar-refractivity contribution in [2.24, 2.45) is 0 Å². The van der Waals surface area contributed by atoms with Gasteiger partial charge >= 0.3 is 8.60 Å². The van der Waals surface area contributed by atoms with E-state index in [-0.39, 0.29) is 0 Å². The normalized spacial score (nSPS) is 11.0. The number of hydrogen-bond donors (Lipinski definition) is 0. The van der Waals surface area contributed by atoms with Gasteiger partial charge in [0.05, 0.1) is 0 Å². The SMILES string of the molecule is Cc1ccc(OP(Oc2ccc(C)c(C)c2C)Oc2ccc(C)c(C)c2C)c(C)c1C. The summed E-state index contributed by atoms with van der Waals surface area (Å²) in [5, 5.41) is 0. The monoisotopic (exact) mass is 436 g/mol. The third-order valence-electron chi connectivity index (χ3n) is 6.54. The predicted molar refractivity (Wildman–Crippen MR) is 131 cm³/mol. The van der Waals surface area contributed by atoms with E-state index in [0.717, 1.165) is 33.9 Å². The lowest BCUT2D eigenvalue weighted by atomic mass is 10.0. The quantitative estimate of drug-likeness (QED) is 0.364. The first-order valence-electron chi connectivity index (χ1n) is 10.6. The van der Waals surface area contributed by atoms with Crippen molar-refractivity contribution in [3.63, 3.8) is 0 Å². The average molecular weight is 437 g/mol. The van der Waals surface area contributed by atoms with E-state index >= 15 is 0 Å². The summed E-state index contributed by atoms with van der Waals surface area (Å²) in [5.74, 6) is 2.37. The van der Waals surface area contributed by atoms with Crippen LogP contribution in [0.2, 0.25) is 0 Å². The Kier molecular flexibility index (Phi) is 6.96. The van der Waals surface area contributed by atoms with Gasteiger partial charge < -0.3 is 13.6 Å². The second-order valence-corrected chi connectivity index (χ2v) is 9.38. The van der Waals surface area contributed by atoms with Gasteiger partial charge in [0.1, 0.15) is 17.2 Å². The first-order chi connectivity index (χ1) is 14.6. The maximum absolute atomic E-state index is 6.36. The van der Waals surface area contributed by atoms with Gasteiger partial charge in [-0.3, -0.25) is 0 Å². The van der Waals surface area contributed by atoms with Crippen molar-refractivity contribution in [3.8, 4) is 17.2 Å². The Balaban J connectivity index is 1.99. The van der Waals surface area contributed by atoms with Crippen molar-refractivity contribution in [1.29, 1.82) is 0 Å². The molecule has 0 spiro atoms. The molecule has 0 atom stereocenters. The molecule has 0 aliphatic heterocycles. The Hall–Kier alpha value is -2.51. The largest absolute Gasteiger partial charge is 0.530 e. The molecule has 0 radical (unpaired) electrons. The van der Waals surface area contributed by atoms with Gasteiger partial charge in [0.2, 0.25) is 0 Å². The summed E-state index contributed by atoms with van der Waals surface area (Å²) < 4.78 is 19.1. The van der Waals surface area contributed by atoms with E-state index in [0.29, 0.717) is 0 Å². The van der Waals surface area contributed by atoms with Crippen LogP contribution in [0.4, 0.5) is 0 Å². The van der Waals surface area contributed by atoms with Crippen molar-refractivity contribution in [2.45, 2.75) is 62.3 Å². The highest BCUT2D eigenvalue weighted by molar-refractivity contribution is 7.43. The third kappa shape index (κ3) is 4.88. The van der Waals surface area contributed by atoms with Crippen LogP contribution in [-0.2, 0) is 0 Å². The minimum Gasteiger partial charge on any atom is -0.408 e. The molecule has 0 N–H and O–H groups in total. The summed E-state index contributed by atoms with van der Waals surface area (Å²) in [4.78, 5) is 0. The predicted octanol–water partition coefficient (Wildman–Crippen LogP) is 8.23. The van der Waals surface area contributed by atoms with Gasteiger partial charge in [-0.2, -0.15) is 0 Å². The Morgan fingerprint density at radius 3 is 0.903 bits per heavy atom. The van der Waals surface area contributed by atoms with Gasteiger partial charge in [-0.15, -0.1) is 0 Å². The van der Waals surface area contributed by atoms with Crippen LogP contribution >= 0.6 is 8.60 Å². The topological polar surface area (TPSA) is 27.7 Å². The van der Waals surface area contributed by atoms with Crippen LogP contribution < -0.4 is 13.6 Å². The summed E-state index contributed by atoms with van der Waals surface area (Å²) in [5.41, 5.74) is 10.7. The second kappa shape index (κ2) is 9.32. The first-order valence-corrected chi connectivity index (χ1v) is 11.7. The molecular formula is C27H33O3P. The maximum Gasteiger partial charge on any atom is 0.530 e. The molecule has 0 unspecified atom stereocenters. The molecule has 0 saturated carbocycles. The van der Waals surface area contributed by atoms with E-state index in [1.54, 1.807) is 0 Å². The van der Waals surface area contributed by atoms with Gasteiger partial charge in [-0.05, 0) is 131 Å². The molecule has 0 aliphatic carbocycles. The number of rotatable bonds is 6. The van der Waals surface area contributed by atoms with Crippen LogP contribution in [0.5, 0.6) is 17.2 Å². The van der Waals surface area contributed by atoms with Crippen LogP contribution in [0.3, 0.4) is 0 Å². The van der Waals surface area contributed by atoms with Crippen LogP contribution in [0.1, 0.15) is 50.1 Å². The van der Waals surface area contributed by atoms with Crippen LogP contribution in [-0.4, -0.2) is 0 Å². The molecule has 0 heterocycles. The molecule has 3 aromatic carbocycles. The fraction of sp³-hybridized carbons (Fsp3) is 0.333. The standard InChI is InChI=1S/C27H33O3P/c1-16-10-13-25(22(7)19(16)4)28-31(29-26-14-11-17(2)20(5)23(26)8)30-27-15-12-18(3)21(6)24(27)9/h10-15H,1-9H3. The Morgan fingerprint density at radius 1 is 0.387 bits per heavy atom. The van der Waals surface area contributed by atoms with E-state index in [2.05, 4.69) is 80.5 Å². The molecule has 0 saturated heterocycles. The zero-order valence-electron chi connectivity index (χ0n) is 20.1. The van der Waals surface area contributed by atoms with E-state index in [9.17, 15) is 0 Å². The summed E-state index contributed by atoms with van der Waals surface area (Å²) in [7, 11) is -1.70. The lowest BCUT2D eigenvalue weighted by Gasteiger charge is -2.22. The smallest absolute Gasteiger partial charge is 0.408 e. The number of aryl methyl sites for hydroxylation is 3. The van der Waals surface area contributed by atoms with Crippen molar-refractivity contribution < 1.29 is 13.6 Å². The number of benzene rings is 3. The highest BCUT2D eigenvalue weighted by Crippen LogP contribution is 2.46. The Labute approximate surface area is 188 Å². The zero-order chi connectivity index (χ0) is 22.9. The molecule has 0 amide bonds. The molecule has 0 aliphatic rings. The molecule has 0 bridgehead atoms. The van der Waals surface area contributed by atoms with Gasteiger partial charge in [-0.25, -0.2) is 0 Å². The fourth-order valence-electron chi connectivity index (χ4n) is 3.39. The Bertz CT molecular complexity index is 977. The molecule has 31 heavy (non-hydrogen) atoms. The number of hydrogen-bond acceptors (Lipinski definition) is 3. The summed E-state index contributed by atoms with van der Waals surface area (Å²) in [6.07, 6.45) is 0. The third-order valence-corrected chi connectivity index (χ3v) is 7.58. The summed E-state index contributed by atoms with van der Waals surface area (Å²) >= 11 is 0. The highest BCUT2D eigenvalue weighted by atomic mass is 31.2. The molecule has 0 fully saturated rings. The Morgan fingerprint density at radius 2 is 0.645 bits per heavy atom. The summed E-state index contributed by atoms with van der Waals surface area (Å²) in [6.45, 7) is 18.9. The van der Waals surface area contributed by atoms with Gasteiger partial charge in [-0.1, -0.05) is 18.2 Å². The molecule has 0 aromatic heterocycles. The van der Waals surface area contributed by atoms with Gasteiger partial charge in [0.25, 0.3) is 0 Å². The van der Waals surface area contributed by atoms with E-state index in [1.165, 1.54) is 33.4 Å². The van der Waals surface area contributed by atoms with E-state index < -0.39 is 8.60 Å². The van der Waals surface area contributed by atoms with E-state index in [1.807, 2.05) is 18.2 Å². The van der Waals surface area contributed by atoms with Crippen LogP contribution in [0.15, 0.2) is 36.4 Å². The van der Waals surface area contributed by atoms with E-state index in [4.69, 9.17) is 13.6 Å². The first kappa shape index (κ1) is 23.2. The van der Waals surface area contributed by atoms with Crippen molar-refractivity contribution >= 4 is 8.60 Å². The lowest BCUT2D eigenvalue weighted by molar-refractivity contribution is 0.384. The minimum atomic E-state index is -1.70. The van der Waals surface area contributed by atoms with Crippen LogP contribution in [0, 0.1) is 62.3 Å². The molecule has 164 valence electrons. The van der Waals surface area contributed by atoms with Gasteiger partial charge in [0.15, 0.2) is 0 Å². The van der Waals surface area contributed by atoms with Crippen molar-refractivity contribution in [1.82, 2.24) is 0 Å². The fourth-order valence-corrected chi connectivity index (χ4v) is 4.57. The molecule has 3 rings (SSSR count). The van der Waals surface area contributed by atoms with Gasteiger partial charge in [0, 0.05) is 0 Å². The molecular weight excluding hydrogens is 403 g/mol. The summed E-state index contributed by atoms with van der Waals surface area (Å²) in [6, 6.07) is 12.2. The van der Waals surface area contributed by atoms with Crippen molar-refractivity contribution in [3.05, 3.63) is 86.5 Å².